The summed E-state index contributed by atoms with van der Waals surface area (Å²) in [6.07, 6.45) is 3.42. The maximum atomic E-state index is 14.0. The van der Waals surface area contributed by atoms with Crippen LogP contribution in [0.25, 0.3) is 28.3 Å². The predicted molar refractivity (Wildman–Crippen MR) is 121 cm³/mol. The van der Waals surface area contributed by atoms with Gasteiger partial charge in [-0.1, -0.05) is 18.2 Å². The molecule has 0 amide bonds. The second-order valence-corrected chi connectivity index (χ2v) is 7.45. The highest BCUT2D eigenvalue weighted by molar-refractivity contribution is 5.80. The van der Waals surface area contributed by atoms with E-state index in [4.69, 9.17) is 4.98 Å². The Morgan fingerprint density at radius 1 is 0.939 bits per heavy atom. The van der Waals surface area contributed by atoms with Gasteiger partial charge >= 0.3 is 0 Å². The Morgan fingerprint density at radius 2 is 1.76 bits per heavy atom. The van der Waals surface area contributed by atoms with E-state index in [1.807, 2.05) is 10.6 Å². The Hall–Kier alpha value is -4.17. The zero-order chi connectivity index (χ0) is 22.8. The van der Waals surface area contributed by atoms with Crippen molar-refractivity contribution in [3.8, 4) is 22.6 Å². The number of nitrogens with zero attached hydrogens (tertiary/aromatic N) is 4. The van der Waals surface area contributed by atoms with Crippen molar-refractivity contribution in [1.82, 2.24) is 19.4 Å². The van der Waals surface area contributed by atoms with Crippen molar-refractivity contribution in [1.29, 1.82) is 0 Å². The van der Waals surface area contributed by atoms with E-state index in [0.717, 1.165) is 11.1 Å². The van der Waals surface area contributed by atoms with E-state index in [0.29, 0.717) is 34.2 Å². The van der Waals surface area contributed by atoms with E-state index in [-0.39, 0.29) is 24.8 Å². The van der Waals surface area contributed by atoms with Gasteiger partial charge in [-0.25, -0.2) is 23.7 Å². The number of rotatable bonds is 6. The third kappa shape index (κ3) is 4.16. The first-order chi connectivity index (χ1) is 16.1. The van der Waals surface area contributed by atoms with Crippen LogP contribution < -0.4 is 5.32 Å². The number of fused-ring (bicyclic) bond motifs is 1. The first kappa shape index (κ1) is 20.7. The second-order valence-electron chi connectivity index (χ2n) is 7.45. The Labute approximate surface area is 188 Å². The van der Waals surface area contributed by atoms with Crippen LogP contribution in [0.2, 0.25) is 0 Å². The van der Waals surface area contributed by atoms with E-state index in [2.05, 4.69) is 15.3 Å². The van der Waals surface area contributed by atoms with E-state index >= 15 is 0 Å². The molecule has 3 aromatic heterocycles. The summed E-state index contributed by atoms with van der Waals surface area (Å²) in [5, 5.41) is 12.6. The minimum atomic E-state index is -0.340. The molecular formula is C25H19F2N5O. The quantitative estimate of drug-likeness (QED) is 0.393. The highest BCUT2D eigenvalue weighted by Gasteiger charge is 2.18. The van der Waals surface area contributed by atoms with E-state index in [9.17, 15) is 13.9 Å². The number of benzene rings is 2. The summed E-state index contributed by atoms with van der Waals surface area (Å²) in [7, 11) is 0. The number of imidazole rings is 1. The van der Waals surface area contributed by atoms with Crippen molar-refractivity contribution in [2.75, 3.05) is 5.32 Å². The lowest BCUT2D eigenvalue weighted by molar-refractivity contribution is 0.282. The molecule has 0 spiro atoms. The second kappa shape index (κ2) is 8.76. The highest BCUT2D eigenvalue weighted by Crippen LogP contribution is 2.32. The maximum absolute atomic E-state index is 14.0. The zero-order valence-electron chi connectivity index (χ0n) is 17.4. The summed E-state index contributed by atoms with van der Waals surface area (Å²) in [4.78, 5) is 13.6. The van der Waals surface area contributed by atoms with Gasteiger partial charge in [-0.15, -0.1) is 0 Å². The number of anilines is 1. The number of pyridine rings is 1. The highest BCUT2D eigenvalue weighted by atomic mass is 19.1. The Kier molecular flexibility index (Phi) is 5.50. The molecule has 0 fully saturated rings. The van der Waals surface area contributed by atoms with Crippen molar-refractivity contribution in [2.45, 2.75) is 13.2 Å². The number of nitrogens with one attached hydrogen (secondary N) is 1. The Balaban J connectivity index is 1.58. The summed E-state index contributed by atoms with van der Waals surface area (Å²) in [6.45, 7) is 0.121. The lowest BCUT2D eigenvalue weighted by Gasteiger charge is -2.09. The smallest absolute Gasteiger partial charge is 0.223 e. The summed E-state index contributed by atoms with van der Waals surface area (Å²) >= 11 is 0. The molecule has 5 rings (SSSR count). The van der Waals surface area contributed by atoms with Crippen LogP contribution in [0.1, 0.15) is 11.1 Å². The molecule has 0 aliphatic carbocycles. The molecule has 6 nitrogen and oxygen atoms in total. The monoisotopic (exact) mass is 443 g/mol. The fraction of sp³-hybridized carbons (Fsp3) is 0.0800. The van der Waals surface area contributed by atoms with Gasteiger partial charge in [0, 0.05) is 30.1 Å². The fourth-order valence-electron chi connectivity index (χ4n) is 3.63. The van der Waals surface area contributed by atoms with Gasteiger partial charge in [0.2, 0.25) is 5.95 Å². The summed E-state index contributed by atoms with van der Waals surface area (Å²) in [5.74, 6) is -0.308. The molecule has 0 unspecified atom stereocenters. The van der Waals surface area contributed by atoms with E-state index in [1.54, 1.807) is 54.7 Å². The molecular weight excluding hydrogens is 424 g/mol. The number of aliphatic hydroxyl groups is 1. The van der Waals surface area contributed by atoms with Crippen LogP contribution in [0.15, 0.2) is 79.1 Å². The Bertz CT molecular complexity index is 1430. The molecule has 8 heteroatoms. The van der Waals surface area contributed by atoms with Crippen LogP contribution in [0.5, 0.6) is 0 Å². The van der Waals surface area contributed by atoms with Gasteiger partial charge in [0.15, 0.2) is 0 Å². The standard InChI is InChI=1S/C25H19F2N5O/c26-19-7-5-17(6-8-19)23-24(32-12-10-16(15-33)13-22(32)31-23)21-9-11-28-25(30-21)29-14-18-3-1-2-4-20(18)27/h1-13,33H,14-15H2,(H,28,29,30). The fourth-order valence-corrected chi connectivity index (χ4v) is 3.63. The molecule has 3 heterocycles. The van der Waals surface area contributed by atoms with Gasteiger partial charge in [-0.2, -0.15) is 0 Å². The Morgan fingerprint density at radius 3 is 2.55 bits per heavy atom. The molecule has 0 bridgehead atoms. The topological polar surface area (TPSA) is 75.3 Å². The third-order valence-corrected chi connectivity index (χ3v) is 5.28. The van der Waals surface area contributed by atoms with Crippen LogP contribution in [-0.2, 0) is 13.2 Å². The third-order valence-electron chi connectivity index (χ3n) is 5.28. The molecule has 2 aromatic carbocycles. The summed E-state index contributed by atoms with van der Waals surface area (Å²) in [6, 6.07) is 17.9. The van der Waals surface area contributed by atoms with Crippen LogP contribution in [0.3, 0.4) is 0 Å². The number of hydrogen-bond donors (Lipinski definition) is 2. The van der Waals surface area contributed by atoms with Crippen molar-refractivity contribution >= 4 is 11.6 Å². The van der Waals surface area contributed by atoms with Gasteiger partial charge < -0.3 is 10.4 Å². The number of aliphatic hydroxyl groups excluding tert-OH is 1. The van der Waals surface area contributed by atoms with Gasteiger partial charge in [0.1, 0.15) is 17.3 Å². The normalized spacial score (nSPS) is 11.1. The molecule has 33 heavy (non-hydrogen) atoms. The molecule has 0 atom stereocenters. The molecule has 0 saturated heterocycles. The molecule has 0 aliphatic rings. The van der Waals surface area contributed by atoms with Crippen molar-refractivity contribution in [3.05, 3.63) is 102 Å². The van der Waals surface area contributed by atoms with Crippen LogP contribution in [0.4, 0.5) is 14.7 Å². The number of aromatic nitrogens is 4. The molecule has 0 radical (unpaired) electrons. The molecule has 0 aliphatic heterocycles. The van der Waals surface area contributed by atoms with E-state index < -0.39 is 0 Å². The van der Waals surface area contributed by atoms with Crippen molar-refractivity contribution in [3.63, 3.8) is 0 Å². The lowest BCUT2D eigenvalue weighted by Crippen LogP contribution is -2.06. The first-order valence-corrected chi connectivity index (χ1v) is 10.3. The van der Waals surface area contributed by atoms with Crippen molar-refractivity contribution in [2.24, 2.45) is 0 Å². The van der Waals surface area contributed by atoms with Crippen LogP contribution >= 0.6 is 0 Å². The number of halogens is 2. The van der Waals surface area contributed by atoms with Crippen LogP contribution in [-0.4, -0.2) is 24.5 Å². The van der Waals surface area contributed by atoms with Crippen LogP contribution in [0, 0.1) is 11.6 Å². The van der Waals surface area contributed by atoms with E-state index in [1.165, 1.54) is 18.2 Å². The molecule has 5 aromatic rings. The van der Waals surface area contributed by atoms with Gasteiger partial charge in [0.25, 0.3) is 0 Å². The predicted octanol–water partition coefficient (Wildman–Crippen LogP) is 4.84. The average molecular weight is 443 g/mol. The van der Waals surface area contributed by atoms with Crippen molar-refractivity contribution < 1.29 is 13.9 Å². The molecule has 2 N–H and O–H groups in total. The minimum absolute atomic E-state index is 0.109. The number of hydrogen-bond acceptors (Lipinski definition) is 5. The summed E-state index contributed by atoms with van der Waals surface area (Å²) < 4.78 is 29.4. The largest absolute Gasteiger partial charge is 0.392 e. The molecule has 0 saturated carbocycles. The zero-order valence-corrected chi connectivity index (χ0v) is 17.4. The summed E-state index contributed by atoms with van der Waals surface area (Å²) in [5.41, 5.74) is 4.46. The minimum Gasteiger partial charge on any atom is -0.392 e. The van der Waals surface area contributed by atoms with Gasteiger partial charge in [0.05, 0.1) is 23.7 Å². The van der Waals surface area contributed by atoms with Gasteiger partial charge in [-0.3, -0.25) is 4.40 Å². The van der Waals surface area contributed by atoms with Gasteiger partial charge in [-0.05, 0) is 54.1 Å². The lowest BCUT2D eigenvalue weighted by atomic mass is 10.1. The molecule has 164 valence electrons. The average Bonchev–Trinajstić information content (AvgIpc) is 3.23. The SMILES string of the molecule is OCc1ccn2c(-c3ccnc(NCc4ccccc4F)n3)c(-c3ccc(F)cc3)nc2c1. The maximum Gasteiger partial charge on any atom is 0.223 e. The first-order valence-electron chi connectivity index (χ1n) is 10.3.